The van der Waals surface area contributed by atoms with Crippen molar-refractivity contribution < 1.29 is 4.79 Å². The van der Waals surface area contributed by atoms with Crippen molar-refractivity contribution in [3.05, 3.63) is 33.9 Å². The molecule has 0 radical (unpaired) electrons. The minimum absolute atomic E-state index is 0.0342. The van der Waals surface area contributed by atoms with Crippen LogP contribution in [0.4, 0.5) is 0 Å². The Labute approximate surface area is 140 Å². The van der Waals surface area contributed by atoms with Gasteiger partial charge in [0.25, 0.3) is 11.5 Å². The second-order valence-corrected chi connectivity index (χ2v) is 6.89. The van der Waals surface area contributed by atoms with Gasteiger partial charge in [-0.3, -0.25) is 9.59 Å². The molecule has 2 aliphatic heterocycles. The molecule has 0 saturated carbocycles. The van der Waals surface area contributed by atoms with E-state index < -0.39 is 0 Å². The summed E-state index contributed by atoms with van der Waals surface area (Å²) in [6, 6.07) is 1.87. The second kappa shape index (κ2) is 6.05. The largest absolute Gasteiger partial charge is 0.336 e. The molecule has 4 heterocycles. The maximum Gasteiger partial charge on any atom is 0.259 e. The Bertz CT molecular complexity index is 818. The molecule has 2 saturated heterocycles. The average Bonchev–Trinajstić information content (AvgIpc) is 3.20. The van der Waals surface area contributed by atoms with E-state index in [2.05, 4.69) is 22.3 Å². The highest BCUT2D eigenvalue weighted by Crippen LogP contribution is 2.26. The summed E-state index contributed by atoms with van der Waals surface area (Å²) in [7, 11) is 0. The standard InChI is InChI=1S/C17H23N5O2/c1-11-3-2-8-21(11)17(24)13-10-19-22-14(9-15(23)20-16(13)22)12-4-6-18-7-5-12/h9-12,18H,2-8H2,1H3,(H,20,23)/t11-/m1/s1. The van der Waals surface area contributed by atoms with E-state index in [1.54, 1.807) is 16.8 Å². The molecule has 2 fully saturated rings. The first-order chi connectivity index (χ1) is 11.6. The van der Waals surface area contributed by atoms with Crippen LogP contribution in [0.3, 0.4) is 0 Å². The van der Waals surface area contributed by atoms with Gasteiger partial charge in [-0.15, -0.1) is 0 Å². The van der Waals surface area contributed by atoms with Crippen molar-refractivity contribution in [1.29, 1.82) is 0 Å². The third-order valence-corrected chi connectivity index (χ3v) is 5.34. The van der Waals surface area contributed by atoms with Crippen LogP contribution in [0.2, 0.25) is 0 Å². The van der Waals surface area contributed by atoms with Crippen LogP contribution in [0.5, 0.6) is 0 Å². The number of rotatable bonds is 2. The van der Waals surface area contributed by atoms with Gasteiger partial charge in [0.2, 0.25) is 0 Å². The van der Waals surface area contributed by atoms with Crippen molar-refractivity contribution in [2.24, 2.45) is 0 Å². The van der Waals surface area contributed by atoms with Crippen LogP contribution >= 0.6 is 0 Å². The highest BCUT2D eigenvalue weighted by molar-refractivity contribution is 5.99. The molecule has 2 N–H and O–H groups in total. The fourth-order valence-electron chi connectivity index (χ4n) is 3.97. The highest BCUT2D eigenvalue weighted by atomic mass is 16.2. The first kappa shape index (κ1) is 15.4. The number of amides is 1. The van der Waals surface area contributed by atoms with Gasteiger partial charge in [-0.1, -0.05) is 0 Å². The zero-order valence-electron chi connectivity index (χ0n) is 13.9. The number of H-pyrrole nitrogens is 1. The van der Waals surface area contributed by atoms with Crippen LogP contribution in [0.1, 0.15) is 54.6 Å². The number of aromatic nitrogens is 3. The van der Waals surface area contributed by atoms with Crippen molar-refractivity contribution in [2.45, 2.75) is 44.6 Å². The van der Waals surface area contributed by atoms with Crippen molar-refractivity contribution >= 4 is 11.6 Å². The molecule has 128 valence electrons. The quantitative estimate of drug-likeness (QED) is 0.865. The molecule has 0 unspecified atom stereocenters. The number of nitrogens with one attached hydrogen (secondary N) is 2. The van der Waals surface area contributed by atoms with E-state index in [4.69, 9.17) is 0 Å². The van der Waals surface area contributed by atoms with Crippen LogP contribution in [0.15, 0.2) is 17.1 Å². The normalized spacial score (nSPS) is 22.4. The molecule has 7 nitrogen and oxygen atoms in total. The number of aromatic amines is 1. The van der Waals surface area contributed by atoms with E-state index >= 15 is 0 Å². The van der Waals surface area contributed by atoms with Gasteiger partial charge in [-0.25, -0.2) is 4.52 Å². The van der Waals surface area contributed by atoms with Crippen LogP contribution in [0, 0.1) is 0 Å². The smallest absolute Gasteiger partial charge is 0.259 e. The summed E-state index contributed by atoms with van der Waals surface area (Å²) in [5.74, 6) is 0.262. The summed E-state index contributed by atoms with van der Waals surface area (Å²) in [5.41, 5.74) is 1.76. The Balaban J connectivity index is 1.77. The number of fused-ring (bicyclic) bond motifs is 1. The summed E-state index contributed by atoms with van der Waals surface area (Å²) < 4.78 is 1.76. The number of hydrogen-bond acceptors (Lipinski definition) is 4. The minimum Gasteiger partial charge on any atom is -0.336 e. The van der Waals surface area contributed by atoms with Crippen LogP contribution in [-0.4, -0.2) is 51.1 Å². The molecule has 0 bridgehead atoms. The Kier molecular flexibility index (Phi) is 3.88. The summed E-state index contributed by atoms with van der Waals surface area (Å²) in [6.07, 6.45) is 5.61. The van der Waals surface area contributed by atoms with Crippen LogP contribution in [0.25, 0.3) is 5.65 Å². The second-order valence-electron chi connectivity index (χ2n) is 6.89. The lowest BCUT2D eigenvalue weighted by Gasteiger charge is -2.23. The monoisotopic (exact) mass is 329 g/mol. The maximum absolute atomic E-state index is 12.9. The number of nitrogens with zero attached hydrogens (tertiary/aromatic N) is 3. The zero-order valence-corrected chi connectivity index (χ0v) is 13.9. The van der Waals surface area contributed by atoms with Gasteiger partial charge in [0.05, 0.1) is 11.9 Å². The van der Waals surface area contributed by atoms with Gasteiger partial charge in [0, 0.05) is 24.6 Å². The third kappa shape index (κ3) is 2.53. The molecular formula is C17H23N5O2. The fourth-order valence-corrected chi connectivity index (χ4v) is 3.97. The van der Waals surface area contributed by atoms with E-state index in [0.717, 1.165) is 51.0 Å². The van der Waals surface area contributed by atoms with Crippen molar-refractivity contribution in [3.8, 4) is 0 Å². The Morgan fingerprint density at radius 1 is 1.29 bits per heavy atom. The predicted octanol–water partition coefficient (Wildman–Crippen LogP) is 1.11. The van der Waals surface area contributed by atoms with Crippen molar-refractivity contribution in [1.82, 2.24) is 24.8 Å². The first-order valence-electron chi connectivity index (χ1n) is 8.78. The summed E-state index contributed by atoms with van der Waals surface area (Å²) in [5, 5.41) is 7.77. The average molecular weight is 329 g/mol. The lowest BCUT2D eigenvalue weighted by atomic mass is 9.94. The molecule has 4 rings (SSSR count). The highest BCUT2D eigenvalue weighted by Gasteiger charge is 2.29. The molecule has 2 aromatic rings. The van der Waals surface area contributed by atoms with Gasteiger partial charge in [-0.2, -0.15) is 5.10 Å². The van der Waals surface area contributed by atoms with Gasteiger partial charge in [-0.05, 0) is 45.7 Å². The van der Waals surface area contributed by atoms with Gasteiger partial charge < -0.3 is 15.2 Å². The first-order valence-corrected chi connectivity index (χ1v) is 8.78. The number of carbonyl (C=O) groups excluding carboxylic acids is 1. The van der Waals surface area contributed by atoms with Crippen molar-refractivity contribution in [3.63, 3.8) is 0 Å². The van der Waals surface area contributed by atoms with Gasteiger partial charge >= 0.3 is 0 Å². The Hall–Kier alpha value is -2.15. The summed E-state index contributed by atoms with van der Waals surface area (Å²) >= 11 is 0. The molecule has 2 aliphatic rings. The topological polar surface area (TPSA) is 82.5 Å². The van der Waals surface area contributed by atoms with Crippen LogP contribution in [-0.2, 0) is 0 Å². The fraction of sp³-hybridized carbons (Fsp3) is 0.588. The zero-order chi connectivity index (χ0) is 16.7. The predicted molar refractivity (Wildman–Crippen MR) is 90.4 cm³/mol. The number of likely N-dealkylation sites (tertiary alicyclic amines) is 1. The Morgan fingerprint density at radius 2 is 2.08 bits per heavy atom. The van der Waals surface area contributed by atoms with E-state index in [0.29, 0.717) is 17.1 Å². The molecule has 7 heteroatoms. The molecule has 0 aliphatic carbocycles. The summed E-state index contributed by atoms with van der Waals surface area (Å²) in [4.78, 5) is 29.7. The lowest BCUT2D eigenvalue weighted by Crippen LogP contribution is -2.33. The molecule has 2 aromatic heterocycles. The molecule has 1 amide bonds. The molecular weight excluding hydrogens is 306 g/mol. The molecule has 1 atom stereocenters. The van der Waals surface area contributed by atoms with Gasteiger partial charge in [0.1, 0.15) is 11.2 Å². The lowest BCUT2D eigenvalue weighted by molar-refractivity contribution is 0.0749. The van der Waals surface area contributed by atoms with E-state index in [-0.39, 0.29) is 17.5 Å². The van der Waals surface area contributed by atoms with Crippen molar-refractivity contribution in [2.75, 3.05) is 19.6 Å². The van der Waals surface area contributed by atoms with E-state index in [1.807, 2.05) is 4.90 Å². The van der Waals surface area contributed by atoms with E-state index in [9.17, 15) is 9.59 Å². The van der Waals surface area contributed by atoms with Gasteiger partial charge in [0.15, 0.2) is 0 Å². The minimum atomic E-state index is -0.167. The number of hydrogen-bond donors (Lipinski definition) is 2. The van der Waals surface area contributed by atoms with Crippen LogP contribution < -0.4 is 10.9 Å². The third-order valence-electron chi connectivity index (χ3n) is 5.34. The number of piperidine rings is 1. The molecule has 24 heavy (non-hydrogen) atoms. The SMILES string of the molecule is C[C@@H]1CCCN1C(=O)c1cnn2c(C3CCNCC3)cc(=O)[nH]c12. The maximum atomic E-state index is 12.9. The number of carbonyl (C=O) groups is 1. The molecule has 0 spiro atoms. The molecule has 0 aromatic carbocycles. The van der Waals surface area contributed by atoms with E-state index in [1.165, 1.54) is 0 Å². The Morgan fingerprint density at radius 3 is 2.79 bits per heavy atom. The summed E-state index contributed by atoms with van der Waals surface area (Å²) in [6.45, 7) is 4.73.